The summed E-state index contributed by atoms with van der Waals surface area (Å²) in [6, 6.07) is 16.8. The van der Waals surface area contributed by atoms with Gasteiger partial charge in [0.05, 0.1) is 6.10 Å². The predicted octanol–water partition coefficient (Wildman–Crippen LogP) is 3.53. The number of benzene rings is 2. The Labute approximate surface area is 112 Å². The van der Waals surface area contributed by atoms with Crippen molar-refractivity contribution in [2.45, 2.75) is 24.9 Å². The highest BCUT2D eigenvalue weighted by Gasteiger charge is 2.42. The first kappa shape index (κ1) is 12.4. The fourth-order valence-electron chi connectivity index (χ4n) is 2.78. The first-order valence-electron chi connectivity index (χ1n) is 6.71. The van der Waals surface area contributed by atoms with E-state index in [1.165, 1.54) is 17.7 Å². The Balaban J connectivity index is 1.63. The van der Waals surface area contributed by atoms with Crippen LogP contribution in [0, 0.1) is 11.7 Å². The van der Waals surface area contributed by atoms with Crippen LogP contribution in [0.4, 0.5) is 4.39 Å². The van der Waals surface area contributed by atoms with Crippen molar-refractivity contribution in [1.29, 1.82) is 0 Å². The van der Waals surface area contributed by atoms with E-state index in [1.807, 2.05) is 24.3 Å². The third kappa shape index (κ3) is 2.85. The molecule has 2 aromatic carbocycles. The van der Waals surface area contributed by atoms with Gasteiger partial charge >= 0.3 is 0 Å². The molecule has 0 saturated heterocycles. The normalized spacial score (nSPS) is 23.1. The molecule has 0 aliphatic heterocycles. The van der Waals surface area contributed by atoms with E-state index in [4.69, 9.17) is 0 Å². The summed E-state index contributed by atoms with van der Waals surface area (Å²) in [6.07, 6.45) is 1.18. The number of aliphatic hydroxyl groups is 1. The lowest BCUT2D eigenvalue weighted by atomic mass is 10.0. The van der Waals surface area contributed by atoms with Crippen LogP contribution in [0.3, 0.4) is 0 Å². The number of aliphatic hydroxyl groups excluding tert-OH is 1. The summed E-state index contributed by atoms with van der Waals surface area (Å²) >= 11 is 0. The van der Waals surface area contributed by atoms with Gasteiger partial charge in [-0.05, 0) is 47.9 Å². The lowest BCUT2D eigenvalue weighted by molar-refractivity contribution is 0.149. The van der Waals surface area contributed by atoms with Crippen molar-refractivity contribution in [2.24, 2.45) is 5.92 Å². The second-order valence-corrected chi connectivity index (χ2v) is 5.32. The van der Waals surface area contributed by atoms with Gasteiger partial charge in [-0.2, -0.15) is 0 Å². The third-order valence-electron chi connectivity index (χ3n) is 3.90. The second-order valence-electron chi connectivity index (χ2n) is 5.32. The number of hydrogen-bond donors (Lipinski definition) is 1. The molecule has 1 nitrogen and oxygen atoms in total. The molecule has 1 aliphatic carbocycles. The van der Waals surface area contributed by atoms with Gasteiger partial charge in [-0.15, -0.1) is 0 Å². The molecule has 0 aromatic heterocycles. The Hall–Kier alpha value is -1.67. The quantitative estimate of drug-likeness (QED) is 0.887. The summed E-state index contributed by atoms with van der Waals surface area (Å²) in [5.74, 6) is 0.538. The van der Waals surface area contributed by atoms with Gasteiger partial charge in [-0.1, -0.05) is 42.5 Å². The standard InChI is InChI=1S/C17H17FO/c18-14-8-4-5-12(9-14)10-17(19)16-11-15(16)13-6-2-1-3-7-13/h1-9,15-17,19H,10-11H2. The molecule has 1 aliphatic rings. The molecule has 0 radical (unpaired) electrons. The molecule has 2 heteroatoms. The van der Waals surface area contributed by atoms with Crippen molar-refractivity contribution >= 4 is 0 Å². The van der Waals surface area contributed by atoms with Crippen LogP contribution >= 0.6 is 0 Å². The summed E-state index contributed by atoms with van der Waals surface area (Å²) in [6.45, 7) is 0. The molecule has 0 amide bonds. The molecule has 98 valence electrons. The highest BCUT2D eigenvalue weighted by atomic mass is 19.1. The average Bonchev–Trinajstić information content (AvgIpc) is 3.20. The fourth-order valence-corrected chi connectivity index (χ4v) is 2.78. The Bertz CT molecular complexity index is 552. The predicted molar refractivity (Wildman–Crippen MR) is 73.4 cm³/mol. The average molecular weight is 256 g/mol. The lowest BCUT2D eigenvalue weighted by Gasteiger charge is -2.10. The van der Waals surface area contributed by atoms with Crippen LogP contribution in [0.2, 0.25) is 0 Å². The SMILES string of the molecule is OC(Cc1cccc(F)c1)C1CC1c1ccccc1. The molecule has 1 N–H and O–H groups in total. The van der Waals surface area contributed by atoms with Crippen LogP contribution in [-0.2, 0) is 6.42 Å². The third-order valence-corrected chi connectivity index (χ3v) is 3.90. The van der Waals surface area contributed by atoms with Crippen LogP contribution in [0.1, 0.15) is 23.5 Å². The van der Waals surface area contributed by atoms with E-state index in [0.717, 1.165) is 12.0 Å². The van der Waals surface area contributed by atoms with Gasteiger partial charge in [0.2, 0.25) is 0 Å². The minimum atomic E-state index is -0.382. The summed E-state index contributed by atoms with van der Waals surface area (Å²) in [5, 5.41) is 10.2. The summed E-state index contributed by atoms with van der Waals surface area (Å²) in [7, 11) is 0. The van der Waals surface area contributed by atoms with Gasteiger partial charge in [0.25, 0.3) is 0 Å². The van der Waals surface area contributed by atoms with Crippen molar-refractivity contribution in [1.82, 2.24) is 0 Å². The van der Waals surface area contributed by atoms with Gasteiger partial charge in [0, 0.05) is 0 Å². The van der Waals surface area contributed by atoms with E-state index in [-0.39, 0.29) is 11.9 Å². The fraction of sp³-hybridized carbons (Fsp3) is 0.294. The Kier molecular flexibility index (Phi) is 3.34. The summed E-state index contributed by atoms with van der Waals surface area (Å²) in [4.78, 5) is 0. The molecule has 0 bridgehead atoms. The van der Waals surface area contributed by atoms with E-state index in [2.05, 4.69) is 12.1 Å². The minimum Gasteiger partial charge on any atom is -0.392 e. The Morgan fingerprint density at radius 1 is 1.11 bits per heavy atom. The van der Waals surface area contributed by atoms with Crippen LogP contribution in [-0.4, -0.2) is 11.2 Å². The van der Waals surface area contributed by atoms with E-state index in [9.17, 15) is 9.50 Å². The smallest absolute Gasteiger partial charge is 0.123 e. The maximum Gasteiger partial charge on any atom is 0.123 e. The van der Waals surface area contributed by atoms with Crippen LogP contribution < -0.4 is 0 Å². The summed E-state index contributed by atoms with van der Waals surface area (Å²) < 4.78 is 13.1. The molecule has 19 heavy (non-hydrogen) atoms. The van der Waals surface area contributed by atoms with Crippen LogP contribution in [0.5, 0.6) is 0 Å². The number of halogens is 1. The van der Waals surface area contributed by atoms with Crippen molar-refractivity contribution in [3.8, 4) is 0 Å². The number of rotatable bonds is 4. The molecular formula is C17H17FO. The molecule has 0 heterocycles. The lowest BCUT2D eigenvalue weighted by Crippen LogP contribution is -2.14. The molecule has 1 saturated carbocycles. The molecule has 2 aromatic rings. The zero-order valence-corrected chi connectivity index (χ0v) is 10.7. The van der Waals surface area contributed by atoms with E-state index in [1.54, 1.807) is 6.07 Å². The van der Waals surface area contributed by atoms with Gasteiger partial charge in [-0.25, -0.2) is 4.39 Å². The maximum atomic E-state index is 13.1. The molecule has 3 atom stereocenters. The van der Waals surface area contributed by atoms with E-state index in [0.29, 0.717) is 18.3 Å². The molecule has 0 spiro atoms. The van der Waals surface area contributed by atoms with Gasteiger partial charge < -0.3 is 5.11 Å². The van der Waals surface area contributed by atoms with Gasteiger partial charge in [0.1, 0.15) is 5.82 Å². The largest absolute Gasteiger partial charge is 0.392 e. The number of hydrogen-bond acceptors (Lipinski definition) is 1. The Morgan fingerprint density at radius 2 is 1.89 bits per heavy atom. The van der Waals surface area contributed by atoms with Crippen molar-refractivity contribution in [3.05, 3.63) is 71.5 Å². The highest BCUT2D eigenvalue weighted by Crippen LogP contribution is 2.49. The zero-order chi connectivity index (χ0) is 13.2. The first-order valence-corrected chi connectivity index (χ1v) is 6.71. The van der Waals surface area contributed by atoms with Crippen LogP contribution in [0.25, 0.3) is 0 Å². The van der Waals surface area contributed by atoms with Crippen molar-refractivity contribution in [2.75, 3.05) is 0 Å². The molecule has 3 rings (SSSR count). The van der Waals surface area contributed by atoms with Crippen LogP contribution in [0.15, 0.2) is 54.6 Å². The first-order chi connectivity index (χ1) is 9.24. The zero-order valence-electron chi connectivity index (χ0n) is 10.7. The summed E-state index contributed by atoms with van der Waals surface area (Å²) in [5.41, 5.74) is 2.16. The monoisotopic (exact) mass is 256 g/mol. The molecular weight excluding hydrogens is 239 g/mol. The molecule has 3 unspecified atom stereocenters. The maximum absolute atomic E-state index is 13.1. The minimum absolute atomic E-state index is 0.236. The van der Waals surface area contributed by atoms with Crippen molar-refractivity contribution < 1.29 is 9.50 Å². The highest BCUT2D eigenvalue weighted by molar-refractivity contribution is 5.27. The van der Waals surface area contributed by atoms with Gasteiger partial charge in [-0.3, -0.25) is 0 Å². The van der Waals surface area contributed by atoms with Gasteiger partial charge in [0.15, 0.2) is 0 Å². The molecule has 1 fully saturated rings. The van der Waals surface area contributed by atoms with E-state index >= 15 is 0 Å². The Morgan fingerprint density at radius 3 is 2.63 bits per heavy atom. The second kappa shape index (κ2) is 5.14. The topological polar surface area (TPSA) is 20.2 Å². The van der Waals surface area contributed by atoms with E-state index < -0.39 is 0 Å². The van der Waals surface area contributed by atoms with Crippen molar-refractivity contribution in [3.63, 3.8) is 0 Å².